The Morgan fingerprint density at radius 1 is 1.58 bits per heavy atom. The molecule has 0 unspecified atom stereocenters. The molecular weight excluding hydrogens is 152 g/mol. The van der Waals surface area contributed by atoms with Crippen LogP contribution in [0.4, 0.5) is 5.69 Å². The second-order valence-corrected chi connectivity index (χ2v) is 2.57. The first-order valence-corrected chi connectivity index (χ1v) is 3.60. The highest BCUT2D eigenvalue weighted by Gasteiger charge is 2.03. The number of benzene rings is 1. The highest BCUT2D eigenvalue weighted by atomic mass is 16.1. The van der Waals surface area contributed by atoms with Crippen molar-refractivity contribution in [3.8, 4) is 0 Å². The Balaban J connectivity index is 3.22. The molecule has 1 aromatic carbocycles. The number of nitrogens with two attached hydrogens (primary N) is 2. The minimum Gasteiger partial charge on any atom is -0.398 e. The van der Waals surface area contributed by atoms with Crippen molar-refractivity contribution in [1.29, 1.82) is 0 Å². The van der Waals surface area contributed by atoms with Crippen molar-refractivity contribution < 1.29 is 10.2 Å². The van der Waals surface area contributed by atoms with E-state index < -0.39 is 0 Å². The summed E-state index contributed by atoms with van der Waals surface area (Å²) >= 11 is 0. The van der Waals surface area contributed by atoms with Crippen LogP contribution in [0.5, 0.6) is 0 Å². The van der Waals surface area contributed by atoms with Crippen molar-refractivity contribution in [2.75, 3.05) is 5.73 Å². The van der Waals surface area contributed by atoms with Gasteiger partial charge in [-0.15, -0.1) is 0 Å². The van der Waals surface area contributed by atoms with Crippen molar-refractivity contribution in [3.05, 3.63) is 29.3 Å². The number of carbonyl (C=O) groups is 1. The second kappa shape index (κ2) is 3.17. The predicted octanol–water partition coefficient (Wildman–Crippen LogP) is -0.351. The molecule has 3 nitrogen and oxygen atoms in total. The van der Waals surface area contributed by atoms with E-state index in [1.807, 2.05) is 0 Å². The summed E-state index contributed by atoms with van der Waals surface area (Å²) < 4.78 is 0. The zero-order chi connectivity index (χ0) is 9.14. The average molecular weight is 163 g/mol. The third kappa shape index (κ3) is 1.50. The monoisotopic (exact) mass is 163 g/mol. The summed E-state index contributed by atoms with van der Waals surface area (Å²) in [7, 11) is 0. The third-order valence-electron chi connectivity index (χ3n) is 1.67. The van der Waals surface area contributed by atoms with Gasteiger partial charge in [0.2, 0.25) is 0 Å². The van der Waals surface area contributed by atoms with E-state index in [4.69, 9.17) is 11.1 Å². The number of hydrogen-bond donors (Lipinski definition) is 2. The maximum absolute atomic E-state index is 10.9. The summed E-state index contributed by atoms with van der Waals surface area (Å²) in [6.45, 7) is 1.51. The van der Waals surface area contributed by atoms with Gasteiger partial charge in [-0.25, -0.2) is 0 Å². The lowest BCUT2D eigenvalue weighted by Crippen LogP contribution is -2.30. The van der Waals surface area contributed by atoms with Crippen molar-refractivity contribution in [2.24, 2.45) is 0 Å². The van der Waals surface area contributed by atoms with Crippen LogP contribution in [0.15, 0.2) is 18.2 Å². The number of hydrogen-bond acceptors (Lipinski definition) is 2. The largest absolute Gasteiger partial charge is 0.398 e. The molecule has 1 rings (SSSR count). The van der Waals surface area contributed by atoms with Crippen LogP contribution in [0.1, 0.15) is 22.8 Å². The summed E-state index contributed by atoms with van der Waals surface area (Å²) in [5.74, 6) is 0.0121. The van der Waals surface area contributed by atoms with Gasteiger partial charge in [-0.3, -0.25) is 10.2 Å². The molecule has 0 saturated heterocycles. The number of carbonyl (C=O) groups excluding carboxylic acids is 1. The summed E-state index contributed by atoms with van der Waals surface area (Å²) in [4.78, 5) is 10.9. The highest BCUT2D eigenvalue weighted by Crippen LogP contribution is 2.11. The van der Waals surface area contributed by atoms with E-state index >= 15 is 0 Å². The number of rotatable bonds is 2. The Morgan fingerprint density at radius 3 is 2.75 bits per heavy atom. The molecule has 0 radical (unpaired) electrons. The fraction of sp³-hybridized carbons (Fsp3) is 0.111. The first-order chi connectivity index (χ1) is 5.65. The van der Waals surface area contributed by atoms with Crippen LogP contribution in [0.3, 0.4) is 0 Å². The SMILES string of the molecule is CC(=O)c1ccc(N)c(C=[NH2+])c1. The molecule has 0 spiro atoms. The molecule has 0 amide bonds. The third-order valence-corrected chi connectivity index (χ3v) is 1.67. The maximum atomic E-state index is 10.9. The van der Waals surface area contributed by atoms with E-state index in [0.29, 0.717) is 16.8 Å². The quantitative estimate of drug-likeness (QED) is 0.355. The topological polar surface area (TPSA) is 68.7 Å². The van der Waals surface area contributed by atoms with Crippen LogP contribution in [0, 0.1) is 0 Å². The molecule has 12 heavy (non-hydrogen) atoms. The molecule has 3 heteroatoms. The molecule has 0 fully saturated rings. The fourth-order valence-corrected chi connectivity index (χ4v) is 0.938. The fourth-order valence-electron chi connectivity index (χ4n) is 0.938. The number of anilines is 1. The Labute approximate surface area is 70.7 Å². The van der Waals surface area contributed by atoms with Crippen molar-refractivity contribution in [1.82, 2.24) is 0 Å². The molecule has 4 N–H and O–H groups in total. The molecule has 0 aliphatic heterocycles. The molecule has 0 saturated carbocycles. The standard InChI is InChI=1S/C9H10N2O/c1-6(12)7-2-3-9(11)8(4-7)5-10/h2-5,10H,11H2,1H3/p+1. The molecule has 0 bridgehead atoms. The van der Waals surface area contributed by atoms with E-state index in [0.717, 1.165) is 0 Å². The van der Waals surface area contributed by atoms with Gasteiger partial charge in [0.1, 0.15) is 0 Å². The van der Waals surface area contributed by atoms with Gasteiger partial charge in [-0.1, -0.05) is 0 Å². The molecule has 0 atom stereocenters. The van der Waals surface area contributed by atoms with Crippen LogP contribution < -0.4 is 11.1 Å². The van der Waals surface area contributed by atoms with Gasteiger partial charge < -0.3 is 5.73 Å². The van der Waals surface area contributed by atoms with Gasteiger partial charge in [-0.2, -0.15) is 0 Å². The summed E-state index contributed by atoms with van der Waals surface area (Å²) in [6.07, 6.45) is 1.39. The lowest BCUT2D eigenvalue weighted by atomic mass is 10.1. The molecular formula is C9H11N2O+. The Bertz CT molecular complexity index is 331. The number of Topliss-reactive ketones (excluding diaryl/α,β-unsaturated/α-hetero) is 1. The predicted molar refractivity (Wildman–Crippen MR) is 48.0 cm³/mol. The second-order valence-electron chi connectivity index (χ2n) is 2.57. The summed E-state index contributed by atoms with van der Waals surface area (Å²) in [5, 5.41) is 5.30. The lowest BCUT2D eigenvalue weighted by Gasteiger charge is -1.99. The van der Waals surface area contributed by atoms with E-state index in [1.165, 1.54) is 13.1 Å². The molecule has 0 heterocycles. The molecule has 62 valence electrons. The molecule has 1 aromatic rings. The zero-order valence-electron chi connectivity index (χ0n) is 6.87. The number of ketones is 1. The molecule has 0 aromatic heterocycles. The minimum atomic E-state index is 0.0121. The van der Waals surface area contributed by atoms with Gasteiger partial charge in [0.25, 0.3) is 0 Å². The van der Waals surface area contributed by atoms with E-state index in [1.54, 1.807) is 18.2 Å². The summed E-state index contributed by atoms with van der Waals surface area (Å²) in [6, 6.07) is 5.04. The van der Waals surface area contributed by atoms with Crippen LogP contribution in [-0.2, 0) is 0 Å². The maximum Gasteiger partial charge on any atom is 0.169 e. The van der Waals surface area contributed by atoms with Gasteiger partial charge in [-0.05, 0) is 25.1 Å². The van der Waals surface area contributed by atoms with Crippen LogP contribution in [0.2, 0.25) is 0 Å². The summed E-state index contributed by atoms with van der Waals surface area (Å²) in [5.41, 5.74) is 7.49. The number of nitrogen functional groups attached to an aromatic ring is 1. The lowest BCUT2D eigenvalue weighted by molar-refractivity contribution is -0.104. The van der Waals surface area contributed by atoms with Crippen LogP contribution >= 0.6 is 0 Å². The van der Waals surface area contributed by atoms with Crippen LogP contribution in [-0.4, -0.2) is 12.0 Å². The van der Waals surface area contributed by atoms with Gasteiger partial charge in [0.05, 0.1) is 5.56 Å². The Hall–Kier alpha value is -1.64. The van der Waals surface area contributed by atoms with Gasteiger partial charge in [0.15, 0.2) is 12.0 Å². The van der Waals surface area contributed by atoms with E-state index in [-0.39, 0.29) is 5.78 Å². The smallest absolute Gasteiger partial charge is 0.169 e. The molecule has 0 aliphatic carbocycles. The van der Waals surface area contributed by atoms with Gasteiger partial charge in [0, 0.05) is 11.3 Å². The molecule has 0 aliphatic rings. The van der Waals surface area contributed by atoms with Crippen molar-refractivity contribution >= 4 is 17.7 Å². The average Bonchev–Trinajstić information content (AvgIpc) is 2.05. The Morgan fingerprint density at radius 2 is 2.25 bits per heavy atom. The van der Waals surface area contributed by atoms with E-state index in [2.05, 4.69) is 0 Å². The normalized spacial score (nSPS) is 9.42. The van der Waals surface area contributed by atoms with Crippen LogP contribution in [0.25, 0.3) is 0 Å². The van der Waals surface area contributed by atoms with Gasteiger partial charge >= 0.3 is 0 Å². The van der Waals surface area contributed by atoms with Crippen molar-refractivity contribution in [3.63, 3.8) is 0 Å². The Kier molecular flexibility index (Phi) is 2.24. The minimum absolute atomic E-state index is 0.0121. The van der Waals surface area contributed by atoms with Crippen molar-refractivity contribution in [2.45, 2.75) is 6.92 Å². The van der Waals surface area contributed by atoms with E-state index in [9.17, 15) is 4.79 Å². The highest BCUT2D eigenvalue weighted by molar-refractivity contribution is 5.97. The zero-order valence-corrected chi connectivity index (χ0v) is 6.87. The first kappa shape index (κ1) is 8.46. The first-order valence-electron chi connectivity index (χ1n) is 3.60.